The normalized spacial score (nSPS) is 14.1. The molecule has 0 N–H and O–H groups in total. The van der Waals surface area contributed by atoms with Crippen LogP contribution in [0.25, 0.3) is 0 Å². The van der Waals surface area contributed by atoms with Crippen LogP contribution in [0.15, 0.2) is 0 Å². The third-order valence-electron chi connectivity index (χ3n) is 1.92. The molecule has 4 nitrogen and oxygen atoms in total. The van der Waals surface area contributed by atoms with Crippen LogP contribution in [0, 0.1) is 5.92 Å². The highest BCUT2D eigenvalue weighted by Gasteiger charge is 2.16. The van der Waals surface area contributed by atoms with Gasteiger partial charge in [-0.05, 0) is 12.3 Å². The number of hydrogen-bond donors (Lipinski definition) is 0. The van der Waals surface area contributed by atoms with Gasteiger partial charge < -0.3 is 9.47 Å². The summed E-state index contributed by atoms with van der Waals surface area (Å²) in [6.07, 6.45) is 1.73. The summed E-state index contributed by atoms with van der Waals surface area (Å²) in [6, 6.07) is 0. The summed E-state index contributed by atoms with van der Waals surface area (Å²) >= 11 is 0. The van der Waals surface area contributed by atoms with Gasteiger partial charge in [-0.3, -0.25) is 0 Å². The molecule has 6 heteroatoms. The van der Waals surface area contributed by atoms with Gasteiger partial charge >= 0.3 is 0 Å². The van der Waals surface area contributed by atoms with E-state index in [1.165, 1.54) is 0 Å². The predicted octanol–water partition coefficient (Wildman–Crippen LogP) is 1.63. The minimum Gasteiger partial charge on any atom is -0.382 e. The van der Waals surface area contributed by atoms with Crippen molar-refractivity contribution < 1.29 is 17.9 Å². The topological polar surface area (TPSA) is 52.6 Å². The summed E-state index contributed by atoms with van der Waals surface area (Å²) in [7, 11) is 3.36. The molecule has 92 valence electrons. The van der Waals surface area contributed by atoms with E-state index in [0.717, 1.165) is 12.8 Å². The first-order valence-corrected chi connectivity index (χ1v) is 7.46. The van der Waals surface area contributed by atoms with E-state index in [2.05, 4.69) is 0 Å². The van der Waals surface area contributed by atoms with Crippen molar-refractivity contribution in [2.75, 3.05) is 32.7 Å². The zero-order valence-electron chi connectivity index (χ0n) is 9.24. The Hall–Kier alpha value is 0.160. The molecule has 0 aliphatic carbocycles. The second-order valence-electron chi connectivity index (χ2n) is 3.43. The van der Waals surface area contributed by atoms with Gasteiger partial charge in [0, 0.05) is 17.8 Å². The van der Waals surface area contributed by atoms with E-state index in [9.17, 15) is 8.42 Å². The van der Waals surface area contributed by atoms with Gasteiger partial charge in [-0.25, -0.2) is 8.42 Å². The van der Waals surface area contributed by atoms with Gasteiger partial charge in [0.15, 0.2) is 0 Å². The third kappa shape index (κ3) is 10.4. The molecule has 1 unspecified atom stereocenters. The first-order valence-electron chi connectivity index (χ1n) is 4.98. The van der Waals surface area contributed by atoms with E-state index < -0.39 is 9.05 Å². The van der Waals surface area contributed by atoms with Gasteiger partial charge in [-0.2, -0.15) is 0 Å². The molecule has 0 saturated carbocycles. The van der Waals surface area contributed by atoms with Crippen LogP contribution in [0.3, 0.4) is 0 Å². The van der Waals surface area contributed by atoms with Crippen molar-refractivity contribution >= 4 is 19.7 Å². The summed E-state index contributed by atoms with van der Waals surface area (Å²) in [5.74, 6) is -0.0376. The van der Waals surface area contributed by atoms with Crippen molar-refractivity contribution in [1.29, 1.82) is 0 Å². The lowest BCUT2D eigenvalue weighted by atomic mass is 10.1. The molecule has 0 aromatic rings. The minimum absolute atomic E-state index is 0.0185. The highest BCUT2D eigenvalue weighted by Crippen LogP contribution is 2.12. The van der Waals surface area contributed by atoms with Gasteiger partial charge in [-0.1, -0.05) is 13.3 Å². The van der Waals surface area contributed by atoms with Crippen molar-refractivity contribution in [3.8, 4) is 0 Å². The van der Waals surface area contributed by atoms with Crippen LogP contribution in [0.4, 0.5) is 0 Å². The number of rotatable bonds is 9. The average molecular weight is 259 g/mol. The molecule has 0 aromatic carbocycles. The Morgan fingerprint density at radius 2 is 2.00 bits per heavy atom. The largest absolute Gasteiger partial charge is 0.382 e. The maximum Gasteiger partial charge on any atom is 0.232 e. The van der Waals surface area contributed by atoms with E-state index in [1.54, 1.807) is 7.11 Å². The van der Waals surface area contributed by atoms with E-state index in [4.69, 9.17) is 20.2 Å². The van der Waals surface area contributed by atoms with Crippen LogP contribution >= 0.6 is 10.7 Å². The molecule has 0 aliphatic rings. The lowest BCUT2D eigenvalue weighted by molar-refractivity contribution is 0.0534. The van der Waals surface area contributed by atoms with Crippen molar-refractivity contribution in [1.82, 2.24) is 0 Å². The summed E-state index contributed by atoms with van der Waals surface area (Å²) in [5.41, 5.74) is 0. The predicted molar refractivity (Wildman–Crippen MR) is 60.7 cm³/mol. The molecule has 0 aliphatic heterocycles. The Balaban J connectivity index is 3.83. The van der Waals surface area contributed by atoms with Crippen molar-refractivity contribution in [3.63, 3.8) is 0 Å². The first-order chi connectivity index (χ1) is 6.99. The zero-order chi connectivity index (χ0) is 11.7. The van der Waals surface area contributed by atoms with E-state index in [1.807, 2.05) is 6.92 Å². The summed E-state index contributed by atoms with van der Waals surface area (Å²) in [4.78, 5) is 0. The SMILES string of the molecule is CCCC(COCCOC)CS(=O)(=O)Cl. The lowest BCUT2D eigenvalue weighted by Gasteiger charge is -2.14. The molecule has 1 atom stereocenters. The van der Waals surface area contributed by atoms with Crippen molar-refractivity contribution in [2.24, 2.45) is 5.92 Å². The van der Waals surface area contributed by atoms with Gasteiger partial charge in [0.2, 0.25) is 9.05 Å². The van der Waals surface area contributed by atoms with E-state index in [-0.39, 0.29) is 11.7 Å². The lowest BCUT2D eigenvalue weighted by Crippen LogP contribution is -2.19. The Morgan fingerprint density at radius 3 is 2.47 bits per heavy atom. The fourth-order valence-corrected chi connectivity index (χ4v) is 2.66. The number of ether oxygens (including phenoxy) is 2. The van der Waals surface area contributed by atoms with Crippen LogP contribution in [-0.4, -0.2) is 41.1 Å². The fourth-order valence-electron chi connectivity index (χ4n) is 1.30. The van der Waals surface area contributed by atoms with Crippen LogP contribution in [0.5, 0.6) is 0 Å². The summed E-state index contributed by atoms with van der Waals surface area (Å²) in [5, 5.41) is 0. The first kappa shape index (κ1) is 15.2. The monoisotopic (exact) mass is 258 g/mol. The minimum atomic E-state index is -3.43. The molecule has 0 amide bonds. The number of hydrogen-bond acceptors (Lipinski definition) is 4. The number of halogens is 1. The standard InChI is InChI=1S/C9H19ClO4S/c1-3-4-9(8-15(10,11)12)7-14-6-5-13-2/h9H,3-8H2,1-2H3. The molecule has 0 rings (SSSR count). The maximum absolute atomic E-state index is 10.9. The maximum atomic E-state index is 10.9. The summed E-state index contributed by atoms with van der Waals surface area (Å²) < 4.78 is 31.9. The molecule has 0 bridgehead atoms. The molecular weight excluding hydrogens is 240 g/mol. The molecule has 0 spiro atoms. The van der Waals surface area contributed by atoms with Crippen LogP contribution in [-0.2, 0) is 18.5 Å². The highest BCUT2D eigenvalue weighted by atomic mass is 35.7. The molecule has 0 aromatic heterocycles. The second-order valence-corrected chi connectivity index (χ2v) is 6.25. The molecule has 0 fully saturated rings. The van der Waals surface area contributed by atoms with Crippen molar-refractivity contribution in [3.05, 3.63) is 0 Å². The van der Waals surface area contributed by atoms with Crippen LogP contribution < -0.4 is 0 Å². The van der Waals surface area contributed by atoms with Crippen LogP contribution in [0.2, 0.25) is 0 Å². The highest BCUT2D eigenvalue weighted by molar-refractivity contribution is 8.13. The second kappa shape index (κ2) is 8.33. The molecular formula is C9H19ClO4S. The molecule has 15 heavy (non-hydrogen) atoms. The van der Waals surface area contributed by atoms with Gasteiger partial charge in [0.1, 0.15) is 0 Å². The van der Waals surface area contributed by atoms with Gasteiger partial charge in [0.05, 0.1) is 25.6 Å². The Bertz CT molecular complexity index is 240. The Kier molecular flexibility index (Phi) is 8.42. The quantitative estimate of drug-likeness (QED) is 0.466. The Morgan fingerprint density at radius 1 is 1.33 bits per heavy atom. The third-order valence-corrected chi connectivity index (χ3v) is 3.16. The number of methoxy groups -OCH3 is 1. The summed E-state index contributed by atoms with van der Waals surface area (Å²) in [6.45, 7) is 3.43. The molecule has 0 saturated heterocycles. The molecule has 0 radical (unpaired) electrons. The van der Waals surface area contributed by atoms with Crippen LogP contribution in [0.1, 0.15) is 19.8 Å². The Labute approximate surface area is 96.3 Å². The zero-order valence-corrected chi connectivity index (χ0v) is 10.8. The fraction of sp³-hybridized carbons (Fsp3) is 1.00. The van der Waals surface area contributed by atoms with Crippen molar-refractivity contribution in [2.45, 2.75) is 19.8 Å². The average Bonchev–Trinajstić information content (AvgIpc) is 2.10. The van der Waals surface area contributed by atoms with E-state index in [0.29, 0.717) is 19.8 Å². The van der Waals surface area contributed by atoms with E-state index >= 15 is 0 Å². The van der Waals surface area contributed by atoms with Gasteiger partial charge in [-0.15, -0.1) is 0 Å². The van der Waals surface area contributed by atoms with Gasteiger partial charge in [0.25, 0.3) is 0 Å². The molecule has 0 heterocycles. The smallest absolute Gasteiger partial charge is 0.232 e.